The quantitative estimate of drug-likeness (QED) is 0.214. The number of nitrogens with zero attached hydrogens (tertiary/aromatic N) is 1. The van der Waals surface area contributed by atoms with Crippen LogP contribution in [0, 0.1) is 0 Å². The zero-order valence-corrected chi connectivity index (χ0v) is 11.8. The van der Waals surface area contributed by atoms with E-state index in [2.05, 4.69) is 20.4 Å². The van der Waals surface area contributed by atoms with Gasteiger partial charge in [-0.25, -0.2) is 9.79 Å². The van der Waals surface area contributed by atoms with E-state index in [0.717, 1.165) is 5.70 Å². The van der Waals surface area contributed by atoms with Gasteiger partial charge in [0.05, 0.1) is 6.54 Å². The van der Waals surface area contributed by atoms with Gasteiger partial charge in [0.2, 0.25) is 6.08 Å². The molecule has 0 aliphatic rings. The largest absolute Gasteiger partial charge is 0.410 e. The van der Waals surface area contributed by atoms with Gasteiger partial charge >= 0.3 is 20.9 Å². The summed E-state index contributed by atoms with van der Waals surface area (Å²) in [5.41, 5.74) is 0.856. The molecular weight excluding hydrogens is 324 g/mol. The van der Waals surface area contributed by atoms with Gasteiger partial charge in [0.1, 0.15) is 13.2 Å². The summed E-state index contributed by atoms with van der Waals surface area (Å²) in [5.74, 6) is 0. The molecule has 0 amide bonds. The number of carbonyl (C=O) groups excluding carboxylic acids is 1. The van der Waals surface area contributed by atoms with Gasteiger partial charge in [-0.3, -0.25) is 0 Å². The van der Waals surface area contributed by atoms with Gasteiger partial charge in [-0.15, -0.1) is 6.58 Å². The zero-order chi connectivity index (χ0) is 16.6. The SMILES string of the molecule is C=C[Si](CCCN=C=O)(OCC(F)(F)F)OCC(F)(F)F. The fraction of sp³-hybridized carbons (Fsp3) is 0.700. The fourth-order valence-corrected chi connectivity index (χ4v) is 3.54. The maximum Gasteiger partial charge on any atom is 0.410 e. The Labute approximate surface area is 117 Å². The van der Waals surface area contributed by atoms with E-state index < -0.39 is 34.1 Å². The molecule has 11 heteroatoms. The summed E-state index contributed by atoms with van der Waals surface area (Å²) in [6, 6.07) is -0.242. The molecule has 21 heavy (non-hydrogen) atoms. The van der Waals surface area contributed by atoms with Gasteiger partial charge in [0.25, 0.3) is 0 Å². The molecule has 0 bridgehead atoms. The lowest BCUT2D eigenvalue weighted by Crippen LogP contribution is -2.45. The number of hydrogen-bond donors (Lipinski definition) is 0. The summed E-state index contributed by atoms with van der Waals surface area (Å²) in [6.07, 6.45) is -8.18. The van der Waals surface area contributed by atoms with Crippen LogP contribution in [0.25, 0.3) is 0 Å². The number of aliphatic imine (C=N–C) groups is 1. The normalized spacial score (nSPS) is 12.9. The number of alkyl halides is 6. The van der Waals surface area contributed by atoms with Crippen molar-refractivity contribution in [1.82, 2.24) is 0 Å². The van der Waals surface area contributed by atoms with Crippen LogP contribution in [0.4, 0.5) is 26.3 Å². The Hall–Kier alpha value is -1.16. The van der Waals surface area contributed by atoms with Crippen molar-refractivity contribution in [3.8, 4) is 0 Å². The molecule has 0 N–H and O–H groups in total. The Kier molecular flexibility index (Phi) is 7.86. The van der Waals surface area contributed by atoms with Crippen LogP contribution in [0.3, 0.4) is 0 Å². The van der Waals surface area contributed by atoms with Crippen LogP contribution in [0.2, 0.25) is 6.04 Å². The van der Waals surface area contributed by atoms with Gasteiger partial charge in [0, 0.05) is 0 Å². The first-order chi connectivity index (χ1) is 9.54. The van der Waals surface area contributed by atoms with E-state index in [1.54, 1.807) is 0 Å². The van der Waals surface area contributed by atoms with Crippen molar-refractivity contribution in [2.45, 2.75) is 24.8 Å². The van der Waals surface area contributed by atoms with E-state index in [1.165, 1.54) is 6.08 Å². The lowest BCUT2D eigenvalue weighted by Gasteiger charge is -2.28. The Balaban J connectivity index is 4.81. The van der Waals surface area contributed by atoms with Crippen molar-refractivity contribution in [3.63, 3.8) is 0 Å². The molecule has 0 atom stereocenters. The molecule has 4 nitrogen and oxygen atoms in total. The molecule has 0 saturated carbocycles. The topological polar surface area (TPSA) is 47.9 Å². The maximum atomic E-state index is 12.2. The number of isocyanates is 1. The second-order valence-electron chi connectivity index (χ2n) is 3.90. The van der Waals surface area contributed by atoms with Crippen molar-refractivity contribution in [3.05, 3.63) is 12.3 Å². The first kappa shape index (κ1) is 19.8. The van der Waals surface area contributed by atoms with Crippen molar-refractivity contribution in [1.29, 1.82) is 0 Å². The van der Waals surface area contributed by atoms with E-state index in [1.807, 2.05) is 0 Å². The standard InChI is InChI=1S/C10H13F6NO3Si/c1-2-21(5-3-4-17-8-18,19-6-9(11,12)13)20-7-10(14,15)16/h2H,1,3-7H2. The molecule has 0 aromatic carbocycles. The minimum atomic E-state index is -4.70. The molecule has 0 aromatic rings. The van der Waals surface area contributed by atoms with Crippen LogP contribution in [0.5, 0.6) is 0 Å². The summed E-state index contributed by atoms with van der Waals surface area (Å²) in [7, 11) is -3.90. The molecule has 0 saturated heterocycles. The van der Waals surface area contributed by atoms with Crippen LogP contribution >= 0.6 is 0 Å². The third-order valence-corrected chi connectivity index (χ3v) is 5.07. The summed E-state index contributed by atoms with van der Waals surface area (Å²) < 4.78 is 82.0. The highest BCUT2D eigenvalue weighted by Crippen LogP contribution is 2.25. The number of halogens is 6. The van der Waals surface area contributed by atoms with Gasteiger partial charge < -0.3 is 8.85 Å². The second kappa shape index (κ2) is 8.32. The third kappa shape index (κ3) is 10.2. The monoisotopic (exact) mass is 337 g/mol. The van der Waals surface area contributed by atoms with Gasteiger partial charge in [-0.2, -0.15) is 26.3 Å². The van der Waals surface area contributed by atoms with E-state index in [4.69, 9.17) is 0 Å². The van der Waals surface area contributed by atoms with Crippen LogP contribution in [-0.2, 0) is 13.6 Å². The first-order valence-electron chi connectivity index (χ1n) is 5.62. The zero-order valence-electron chi connectivity index (χ0n) is 10.8. The minimum absolute atomic E-state index is 0.0171. The number of rotatable bonds is 9. The lowest BCUT2D eigenvalue weighted by molar-refractivity contribution is -0.171. The van der Waals surface area contributed by atoms with Crippen LogP contribution in [0.1, 0.15) is 6.42 Å². The predicted molar refractivity (Wildman–Crippen MR) is 62.4 cm³/mol. The van der Waals surface area contributed by atoms with Crippen molar-refractivity contribution in [2.24, 2.45) is 4.99 Å². The molecule has 0 heterocycles. The molecule has 122 valence electrons. The van der Waals surface area contributed by atoms with Crippen LogP contribution in [0.15, 0.2) is 17.3 Å². The van der Waals surface area contributed by atoms with E-state index >= 15 is 0 Å². The van der Waals surface area contributed by atoms with Gasteiger partial charge in [0.15, 0.2) is 0 Å². The second-order valence-corrected chi connectivity index (χ2v) is 7.01. The molecule has 0 fully saturated rings. The lowest BCUT2D eigenvalue weighted by atomic mass is 10.5. The van der Waals surface area contributed by atoms with Crippen molar-refractivity contribution >= 4 is 14.6 Å². The smallest absolute Gasteiger partial charge is 0.382 e. The summed E-state index contributed by atoms with van der Waals surface area (Å²) >= 11 is 0. The maximum absolute atomic E-state index is 12.2. The summed E-state index contributed by atoms with van der Waals surface area (Å²) in [5, 5.41) is 0. The molecule has 0 aliphatic heterocycles. The van der Waals surface area contributed by atoms with Gasteiger partial charge in [-0.1, -0.05) is 0 Å². The Morgan fingerprint density at radius 2 is 1.57 bits per heavy atom. The van der Waals surface area contributed by atoms with Crippen LogP contribution < -0.4 is 0 Å². The van der Waals surface area contributed by atoms with Gasteiger partial charge in [-0.05, 0) is 18.2 Å². The highest BCUT2D eigenvalue weighted by Gasteiger charge is 2.42. The number of hydrogen-bond acceptors (Lipinski definition) is 4. The van der Waals surface area contributed by atoms with E-state index in [9.17, 15) is 31.1 Å². The Bertz CT molecular complexity index is 360. The predicted octanol–water partition coefficient (Wildman–Crippen LogP) is 3.04. The average Bonchev–Trinajstić information content (AvgIpc) is 2.35. The molecular formula is C10H13F6NO3Si. The average molecular weight is 337 g/mol. The van der Waals surface area contributed by atoms with Crippen molar-refractivity contribution in [2.75, 3.05) is 19.8 Å². The molecule has 0 aliphatic carbocycles. The Morgan fingerprint density at radius 3 is 1.90 bits per heavy atom. The summed E-state index contributed by atoms with van der Waals surface area (Å²) in [6.45, 7) is -0.370. The highest BCUT2D eigenvalue weighted by atomic mass is 28.4. The minimum Gasteiger partial charge on any atom is -0.382 e. The molecule has 0 spiro atoms. The van der Waals surface area contributed by atoms with Crippen LogP contribution in [-0.4, -0.2) is 46.8 Å². The third-order valence-electron chi connectivity index (χ3n) is 2.13. The highest BCUT2D eigenvalue weighted by molar-refractivity contribution is 6.72. The van der Waals surface area contributed by atoms with E-state index in [0.29, 0.717) is 0 Å². The summed E-state index contributed by atoms with van der Waals surface area (Å²) in [4.78, 5) is 13.0. The molecule has 0 unspecified atom stereocenters. The molecule has 0 radical (unpaired) electrons. The first-order valence-corrected chi connectivity index (χ1v) is 7.72. The molecule has 0 aromatic heterocycles. The van der Waals surface area contributed by atoms with Crippen molar-refractivity contribution < 1.29 is 40.0 Å². The Morgan fingerprint density at radius 1 is 1.10 bits per heavy atom. The van der Waals surface area contributed by atoms with E-state index in [-0.39, 0.29) is 19.0 Å². The molecule has 0 rings (SSSR count). The fourth-order valence-electron chi connectivity index (χ4n) is 1.26.